The number of rotatable bonds is 4. The van der Waals surface area contributed by atoms with Crippen LogP contribution in [0.1, 0.15) is 5.56 Å². The summed E-state index contributed by atoms with van der Waals surface area (Å²) in [4.78, 5) is 15.2. The van der Waals surface area contributed by atoms with Crippen LogP contribution in [0.2, 0.25) is 0 Å². The summed E-state index contributed by atoms with van der Waals surface area (Å²) in [7, 11) is 6.32. The van der Waals surface area contributed by atoms with E-state index in [1.165, 1.54) is 14.2 Å². The average molecular weight is 365 g/mol. The number of nitrogens with zero attached hydrogens (tertiary/aromatic N) is 4. The molecular formula is C15H19N5O4S. The van der Waals surface area contributed by atoms with Crippen LogP contribution in [-0.4, -0.2) is 77.9 Å². The molecule has 2 amide bonds. The minimum atomic E-state index is -0.331. The summed E-state index contributed by atoms with van der Waals surface area (Å²) in [6.07, 6.45) is 0.977. The number of benzene rings is 1. The molecule has 0 aliphatic carbocycles. The molecule has 1 aromatic rings. The quantitative estimate of drug-likeness (QED) is 0.596. The zero-order valence-corrected chi connectivity index (χ0v) is 15.1. The standard InChI is InChI=1S/C15H19N5O4S/c1-18-12-13(19(2)15(18)22)20(14(25)17-12)16-7-8-5-9(23-3)11(21)10(6-8)24-4/h5-7,12-13,21H,1-4H3,(H,17,25)/b16-7+. The minimum Gasteiger partial charge on any atom is -0.502 e. The molecule has 9 nitrogen and oxygen atoms in total. The number of nitrogens with one attached hydrogen (secondary N) is 1. The summed E-state index contributed by atoms with van der Waals surface area (Å²) in [6, 6.07) is 3.14. The van der Waals surface area contributed by atoms with Crippen molar-refractivity contribution in [2.45, 2.75) is 12.3 Å². The number of phenolic OH excluding ortho intramolecular Hbond substituents is 1. The van der Waals surface area contributed by atoms with Gasteiger partial charge < -0.3 is 29.7 Å². The van der Waals surface area contributed by atoms with Crippen molar-refractivity contribution < 1.29 is 19.4 Å². The van der Waals surface area contributed by atoms with E-state index in [0.717, 1.165) is 0 Å². The van der Waals surface area contributed by atoms with E-state index in [4.69, 9.17) is 21.7 Å². The highest BCUT2D eigenvalue weighted by Gasteiger charge is 2.51. The summed E-state index contributed by atoms with van der Waals surface area (Å²) in [5.41, 5.74) is 0.651. The Morgan fingerprint density at radius 2 is 1.84 bits per heavy atom. The van der Waals surface area contributed by atoms with Gasteiger partial charge in [0.15, 0.2) is 22.8 Å². The molecule has 2 aliphatic heterocycles. The first kappa shape index (κ1) is 17.1. The number of ether oxygens (including phenoxy) is 2. The van der Waals surface area contributed by atoms with Crippen molar-refractivity contribution in [3.63, 3.8) is 0 Å². The summed E-state index contributed by atoms with van der Waals surface area (Å²) >= 11 is 5.32. The number of phenols is 1. The molecule has 10 heteroatoms. The zero-order valence-electron chi connectivity index (χ0n) is 14.3. The van der Waals surface area contributed by atoms with E-state index in [9.17, 15) is 9.90 Å². The summed E-state index contributed by atoms with van der Waals surface area (Å²) in [5.74, 6) is 0.464. The lowest BCUT2D eigenvalue weighted by Crippen LogP contribution is -2.41. The fourth-order valence-electron chi connectivity index (χ4n) is 2.91. The Hall–Kier alpha value is -2.75. The number of hydrogen-bond acceptors (Lipinski definition) is 6. The first-order chi connectivity index (χ1) is 11.9. The van der Waals surface area contributed by atoms with E-state index in [0.29, 0.717) is 10.7 Å². The molecule has 2 N–H and O–H groups in total. The van der Waals surface area contributed by atoms with Gasteiger partial charge in [-0.3, -0.25) is 0 Å². The van der Waals surface area contributed by atoms with Crippen LogP contribution in [0.4, 0.5) is 4.79 Å². The molecule has 2 fully saturated rings. The van der Waals surface area contributed by atoms with Crippen LogP contribution in [0.25, 0.3) is 0 Å². The molecule has 3 rings (SSSR count). The van der Waals surface area contributed by atoms with E-state index < -0.39 is 0 Å². The fourth-order valence-corrected chi connectivity index (χ4v) is 3.19. The van der Waals surface area contributed by atoms with Crippen molar-refractivity contribution in [3.05, 3.63) is 17.7 Å². The van der Waals surface area contributed by atoms with Crippen molar-refractivity contribution in [1.82, 2.24) is 20.1 Å². The van der Waals surface area contributed by atoms with Gasteiger partial charge in [-0.15, -0.1) is 0 Å². The largest absolute Gasteiger partial charge is 0.502 e. The van der Waals surface area contributed by atoms with Crippen molar-refractivity contribution in [2.75, 3.05) is 28.3 Å². The van der Waals surface area contributed by atoms with E-state index >= 15 is 0 Å². The second kappa shape index (κ2) is 6.28. The van der Waals surface area contributed by atoms with Gasteiger partial charge in [-0.2, -0.15) is 5.10 Å². The van der Waals surface area contributed by atoms with Crippen LogP contribution in [0.3, 0.4) is 0 Å². The molecule has 134 valence electrons. The number of fused-ring (bicyclic) bond motifs is 1. The predicted molar refractivity (Wildman–Crippen MR) is 94.9 cm³/mol. The lowest BCUT2D eigenvalue weighted by Gasteiger charge is -2.23. The number of aromatic hydroxyl groups is 1. The molecule has 0 bridgehead atoms. The molecule has 0 spiro atoms. The first-order valence-corrected chi connectivity index (χ1v) is 7.88. The van der Waals surface area contributed by atoms with Gasteiger partial charge in [-0.25, -0.2) is 9.80 Å². The monoisotopic (exact) mass is 365 g/mol. The maximum absolute atomic E-state index is 12.1. The lowest BCUT2D eigenvalue weighted by molar-refractivity contribution is 0.174. The molecule has 1 aromatic carbocycles. The van der Waals surface area contributed by atoms with Crippen LogP contribution in [-0.2, 0) is 0 Å². The molecular weight excluding hydrogens is 346 g/mol. The van der Waals surface area contributed by atoms with Gasteiger partial charge in [-0.1, -0.05) is 0 Å². The van der Waals surface area contributed by atoms with Gasteiger partial charge >= 0.3 is 6.03 Å². The van der Waals surface area contributed by atoms with Crippen LogP contribution < -0.4 is 14.8 Å². The van der Waals surface area contributed by atoms with E-state index in [1.807, 2.05) is 0 Å². The molecule has 0 radical (unpaired) electrons. The number of urea groups is 1. The number of thiocarbonyl (C=S) groups is 1. The predicted octanol–water partition coefficient (Wildman–Crippen LogP) is 0.583. The van der Waals surface area contributed by atoms with Crippen molar-refractivity contribution in [1.29, 1.82) is 0 Å². The maximum Gasteiger partial charge on any atom is 0.323 e. The smallest absolute Gasteiger partial charge is 0.323 e. The third-order valence-corrected chi connectivity index (χ3v) is 4.57. The van der Waals surface area contributed by atoms with E-state index in [1.54, 1.807) is 47.3 Å². The van der Waals surface area contributed by atoms with Gasteiger partial charge in [0.1, 0.15) is 6.17 Å². The highest BCUT2D eigenvalue weighted by Crippen LogP contribution is 2.36. The molecule has 2 heterocycles. The second-order valence-corrected chi connectivity index (χ2v) is 6.06. The van der Waals surface area contributed by atoms with Crippen LogP contribution in [0.15, 0.2) is 17.2 Å². The summed E-state index contributed by atoms with van der Waals surface area (Å²) < 4.78 is 10.3. The minimum absolute atomic E-state index is 0.0803. The highest BCUT2D eigenvalue weighted by molar-refractivity contribution is 7.80. The van der Waals surface area contributed by atoms with Gasteiger partial charge in [0.2, 0.25) is 5.75 Å². The Kier molecular flexibility index (Phi) is 4.29. The Morgan fingerprint density at radius 3 is 2.40 bits per heavy atom. The van der Waals surface area contributed by atoms with Crippen LogP contribution >= 0.6 is 12.2 Å². The third kappa shape index (κ3) is 2.68. The van der Waals surface area contributed by atoms with Crippen molar-refractivity contribution >= 4 is 29.6 Å². The number of hydrazone groups is 1. The lowest BCUT2D eigenvalue weighted by atomic mass is 10.2. The van der Waals surface area contributed by atoms with Gasteiger partial charge in [0.25, 0.3) is 0 Å². The third-order valence-electron chi connectivity index (χ3n) is 4.26. The van der Waals surface area contributed by atoms with Gasteiger partial charge in [-0.05, 0) is 24.4 Å². The fraction of sp³-hybridized carbons (Fsp3) is 0.400. The first-order valence-electron chi connectivity index (χ1n) is 7.47. The molecule has 25 heavy (non-hydrogen) atoms. The van der Waals surface area contributed by atoms with Gasteiger partial charge in [0, 0.05) is 19.7 Å². The highest BCUT2D eigenvalue weighted by atomic mass is 32.1. The van der Waals surface area contributed by atoms with Crippen LogP contribution in [0.5, 0.6) is 17.2 Å². The van der Waals surface area contributed by atoms with E-state index in [2.05, 4.69) is 10.4 Å². The number of amides is 2. The molecule has 2 unspecified atom stereocenters. The SMILES string of the molecule is COc1cc(/C=N/N2C(=S)NC3C2N(C)C(=O)N3C)cc(OC)c1O. The number of likely N-dealkylation sites (N-methyl/N-ethyl adjacent to an activating group) is 2. The number of carbonyl (C=O) groups is 1. The molecule has 2 atom stereocenters. The Labute approximate surface area is 150 Å². The van der Waals surface area contributed by atoms with Crippen LogP contribution in [0, 0.1) is 0 Å². The van der Waals surface area contributed by atoms with E-state index in [-0.39, 0.29) is 35.6 Å². The molecule has 2 saturated heterocycles. The maximum atomic E-state index is 12.1. The number of hydrogen-bond donors (Lipinski definition) is 2. The summed E-state index contributed by atoms with van der Waals surface area (Å²) in [6.45, 7) is 0. The Bertz CT molecular complexity index is 730. The van der Waals surface area contributed by atoms with Gasteiger partial charge in [0.05, 0.1) is 20.4 Å². The zero-order chi connectivity index (χ0) is 18.3. The Balaban J connectivity index is 1.89. The topological polar surface area (TPSA) is 89.9 Å². The number of methoxy groups -OCH3 is 2. The average Bonchev–Trinajstić information content (AvgIpc) is 3.04. The second-order valence-electron chi connectivity index (χ2n) is 5.68. The Morgan fingerprint density at radius 1 is 1.24 bits per heavy atom. The normalized spacial score (nSPS) is 22.6. The number of carbonyl (C=O) groups excluding carboxylic acids is 1. The molecule has 0 aromatic heterocycles. The summed E-state index contributed by atoms with van der Waals surface area (Å²) in [5, 5.41) is 19.5. The van der Waals surface area contributed by atoms with Crippen molar-refractivity contribution in [3.8, 4) is 17.2 Å². The molecule has 2 aliphatic rings. The van der Waals surface area contributed by atoms with Crippen molar-refractivity contribution in [2.24, 2.45) is 5.10 Å². The molecule has 0 saturated carbocycles.